The van der Waals surface area contributed by atoms with Crippen molar-refractivity contribution in [2.24, 2.45) is 0 Å². The van der Waals surface area contributed by atoms with Crippen LogP contribution in [-0.2, 0) is 21.4 Å². The van der Waals surface area contributed by atoms with Crippen LogP contribution in [0.3, 0.4) is 0 Å². The minimum Gasteiger partial charge on any atom is -0.337 e. The zero-order chi connectivity index (χ0) is 22.8. The van der Waals surface area contributed by atoms with E-state index in [4.69, 9.17) is 4.52 Å². The lowest BCUT2D eigenvalue weighted by atomic mass is 10.1. The Labute approximate surface area is 182 Å². The van der Waals surface area contributed by atoms with Crippen LogP contribution >= 0.6 is 0 Å². The first kappa shape index (κ1) is 22.5. The van der Waals surface area contributed by atoms with E-state index in [0.717, 1.165) is 27.3 Å². The molecule has 3 rings (SSSR count). The van der Waals surface area contributed by atoms with Crippen molar-refractivity contribution in [3.8, 4) is 11.4 Å². The summed E-state index contributed by atoms with van der Waals surface area (Å²) < 4.78 is 31.3. The number of benzene rings is 2. The van der Waals surface area contributed by atoms with Gasteiger partial charge in [0.15, 0.2) is 0 Å². The summed E-state index contributed by atoms with van der Waals surface area (Å²) >= 11 is 0. The van der Waals surface area contributed by atoms with E-state index in [0.29, 0.717) is 11.5 Å². The normalized spacial score (nSPS) is 12.4. The highest BCUT2D eigenvalue weighted by Crippen LogP contribution is 2.23. The number of likely N-dealkylation sites (N-methyl/N-ethyl adjacent to an activating group) is 1. The third-order valence-corrected chi connectivity index (χ3v) is 6.12. The summed E-state index contributed by atoms with van der Waals surface area (Å²) in [6.07, 6.45) is 1.09. The number of hydrogen-bond acceptors (Lipinski definition) is 6. The van der Waals surface area contributed by atoms with Gasteiger partial charge in [0.1, 0.15) is 6.04 Å². The second-order valence-electron chi connectivity index (χ2n) is 7.64. The van der Waals surface area contributed by atoms with Crippen molar-refractivity contribution in [2.75, 3.05) is 17.6 Å². The van der Waals surface area contributed by atoms with E-state index in [1.807, 2.05) is 38.1 Å². The fourth-order valence-corrected chi connectivity index (χ4v) is 4.40. The lowest BCUT2D eigenvalue weighted by molar-refractivity contribution is -0.131. The van der Waals surface area contributed by atoms with Gasteiger partial charge in [-0.05, 0) is 32.9 Å². The molecule has 0 aliphatic heterocycles. The molecule has 0 aliphatic rings. The Balaban J connectivity index is 1.76. The van der Waals surface area contributed by atoms with Crippen molar-refractivity contribution < 1.29 is 17.7 Å². The van der Waals surface area contributed by atoms with Crippen molar-refractivity contribution in [3.05, 3.63) is 65.5 Å². The number of rotatable bonds is 7. The zero-order valence-electron chi connectivity index (χ0n) is 18.2. The number of aryl methyl sites for hydroxylation is 2. The molecule has 0 radical (unpaired) electrons. The minimum absolute atomic E-state index is 0.0630. The Kier molecular flexibility index (Phi) is 6.45. The van der Waals surface area contributed by atoms with Crippen LogP contribution in [0.1, 0.15) is 23.9 Å². The largest absolute Gasteiger partial charge is 0.337 e. The molecule has 1 unspecified atom stereocenters. The number of carbonyl (C=O) groups is 1. The Morgan fingerprint density at radius 3 is 2.13 bits per heavy atom. The molecule has 8 nitrogen and oxygen atoms in total. The molecule has 0 saturated heterocycles. The van der Waals surface area contributed by atoms with Crippen LogP contribution in [0, 0.1) is 13.8 Å². The average molecular weight is 443 g/mol. The number of hydrogen-bond donors (Lipinski definition) is 0. The number of nitrogens with zero attached hydrogens (tertiary/aromatic N) is 4. The molecule has 9 heteroatoms. The van der Waals surface area contributed by atoms with Crippen molar-refractivity contribution >= 4 is 21.6 Å². The van der Waals surface area contributed by atoms with Crippen molar-refractivity contribution in [1.82, 2.24) is 15.0 Å². The number of aromatic nitrogens is 2. The molecule has 1 atom stereocenters. The van der Waals surface area contributed by atoms with Gasteiger partial charge in [0.05, 0.1) is 18.5 Å². The van der Waals surface area contributed by atoms with Gasteiger partial charge in [-0.15, -0.1) is 0 Å². The number of amides is 1. The Hall–Kier alpha value is -3.20. The quantitative estimate of drug-likeness (QED) is 0.558. The van der Waals surface area contributed by atoms with E-state index < -0.39 is 16.1 Å². The summed E-state index contributed by atoms with van der Waals surface area (Å²) in [6, 6.07) is 13.7. The van der Waals surface area contributed by atoms with Crippen LogP contribution in [0.4, 0.5) is 5.69 Å². The first-order valence-corrected chi connectivity index (χ1v) is 11.6. The number of sulfonamides is 1. The molecule has 0 bridgehead atoms. The third-order valence-electron chi connectivity index (χ3n) is 4.88. The van der Waals surface area contributed by atoms with E-state index >= 15 is 0 Å². The smallest absolute Gasteiger partial charge is 0.246 e. The summed E-state index contributed by atoms with van der Waals surface area (Å²) in [4.78, 5) is 18.7. The van der Waals surface area contributed by atoms with Crippen LogP contribution in [0.2, 0.25) is 0 Å². The first-order chi connectivity index (χ1) is 14.6. The van der Waals surface area contributed by atoms with Gasteiger partial charge in [-0.1, -0.05) is 52.7 Å². The molecule has 0 N–H and O–H groups in total. The van der Waals surface area contributed by atoms with Gasteiger partial charge in [-0.3, -0.25) is 9.10 Å². The fraction of sp³-hybridized carbons (Fsp3) is 0.318. The average Bonchev–Trinajstić information content (AvgIpc) is 3.17. The minimum atomic E-state index is -3.68. The number of anilines is 1. The predicted molar refractivity (Wildman–Crippen MR) is 119 cm³/mol. The van der Waals surface area contributed by atoms with Crippen LogP contribution in [-0.4, -0.2) is 48.7 Å². The molecule has 1 heterocycles. The SMILES string of the molecule is Cc1ccc(-c2noc(CN(C)C(=O)C(C)N(c3ccc(C)cc3)S(C)(=O)=O)n2)cc1. The Morgan fingerprint density at radius 1 is 1.03 bits per heavy atom. The highest BCUT2D eigenvalue weighted by atomic mass is 32.2. The fourth-order valence-electron chi connectivity index (χ4n) is 3.23. The van der Waals surface area contributed by atoms with Crippen LogP contribution in [0.25, 0.3) is 11.4 Å². The molecule has 164 valence electrons. The molecular weight excluding hydrogens is 416 g/mol. The summed E-state index contributed by atoms with van der Waals surface area (Å²) in [5.74, 6) is 0.308. The van der Waals surface area contributed by atoms with Crippen LogP contribution in [0.5, 0.6) is 0 Å². The maximum absolute atomic E-state index is 13.0. The molecule has 31 heavy (non-hydrogen) atoms. The van der Waals surface area contributed by atoms with Crippen molar-refractivity contribution in [3.63, 3.8) is 0 Å². The maximum atomic E-state index is 13.0. The summed E-state index contributed by atoms with van der Waals surface area (Å²) in [5, 5.41) is 3.97. The molecule has 0 spiro atoms. The Bertz CT molecular complexity index is 1150. The van der Waals surface area contributed by atoms with Gasteiger partial charge in [-0.2, -0.15) is 4.98 Å². The highest BCUT2D eigenvalue weighted by molar-refractivity contribution is 7.92. The van der Waals surface area contributed by atoms with Gasteiger partial charge >= 0.3 is 0 Å². The van der Waals surface area contributed by atoms with E-state index in [-0.39, 0.29) is 18.3 Å². The lowest BCUT2D eigenvalue weighted by Crippen LogP contribution is -2.48. The van der Waals surface area contributed by atoms with Gasteiger partial charge in [0.2, 0.25) is 27.6 Å². The highest BCUT2D eigenvalue weighted by Gasteiger charge is 2.31. The van der Waals surface area contributed by atoms with E-state index in [2.05, 4.69) is 10.1 Å². The summed E-state index contributed by atoms with van der Waals surface area (Å²) in [5.41, 5.74) is 3.36. The van der Waals surface area contributed by atoms with E-state index in [1.165, 1.54) is 4.90 Å². The second kappa shape index (κ2) is 8.89. The van der Waals surface area contributed by atoms with Crippen molar-refractivity contribution in [2.45, 2.75) is 33.4 Å². The molecular formula is C22H26N4O4S. The zero-order valence-corrected chi connectivity index (χ0v) is 19.0. The van der Waals surface area contributed by atoms with E-state index in [1.54, 1.807) is 38.2 Å². The third kappa shape index (κ3) is 5.29. The number of carbonyl (C=O) groups excluding carboxylic acids is 1. The summed E-state index contributed by atoms with van der Waals surface area (Å²) in [7, 11) is -2.11. The van der Waals surface area contributed by atoms with Crippen molar-refractivity contribution in [1.29, 1.82) is 0 Å². The van der Waals surface area contributed by atoms with E-state index in [9.17, 15) is 13.2 Å². The molecule has 0 saturated carbocycles. The second-order valence-corrected chi connectivity index (χ2v) is 9.50. The van der Waals surface area contributed by atoms with Crippen LogP contribution in [0.15, 0.2) is 53.1 Å². The monoisotopic (exact) mass is 442 g/mol. The van der Waals surface area contributed by atoms with Gasteiger partial charge in [0, 0.05) is 12.6 Å². The first-order valence-electron chi connectivity index (χ1n) is 9.77. The molecule has 0 aliphatic carbocycles. The topological polar surface area (TPSA) is 96.6 Å². The predicted octanol–water partition coefficient (Wildman–Crippen LogP) is 3.17. The summed E-state index contributed by atoms with van der Waals surface area (Å²) in [6.45, 7) is 5.52. The standard InChI is InChI=1S/C22H26N4O4S/c1-15-6-10-18(11-7-15)21-23-20(30-24-21)14-25(4)22(27)17(3)26(31(5,28)29)19-12-8-16(2)9-13-19/h6-13,17H,14H2,1-5H3. The Morgan fingerprint density at radius 2 is 1.58 bits per heavy atom. The van der Waals surface area contributed by atoms with Gasteiger partial charge in [-0.25, -0.2) is 8.42 Å². The molecule has 1 aromatic heterocycles. The molecule has 0 fully saturated rings. The lowest BCUT2D eigenvalue weighted by Gasteiger charge is -2.30. The molecule has 2 aromatic carbocycles. The molecule has 1 amide bonds. The van der Waals surface area contributed by atoms with Gasteiger partial charge in [0.25, 0.3) is 0 Å². The molecule has 3 aromatic rings. The maximum Gasteiger partial charge on any atom is 0.246 e. The van der Waals surface area contributed by atoms with Crippen LogP contribution < -0.4 is 4.31 Å². The van der Waals surface area contributed by atoms with Gasteiger partial charge < -0.3 is 9.42 Å².